The maximum Gasteiger partial charge on any atom is 0.0638 e. The molecule has 0 saturated heterocycles. The van der Waals surface area contributed by atoms with Crippen molar-refractivity contribution in [1.82, 2.24) is 9.78 Å². The third-order valence-electron chi connectivity index (χ3n) is 1.96. The standard InChI is InChI=1S/C8H13IN2/c1-5(9)8-6(2)10-11(4)7(8)3/h5H,1-4H3. The van der Waals surface area contributed by atoms with E-state index in [9.17, 15) is 0 Å². The van der Waals surface area contributed by atoms with Crippen molar-refractivity contribution in [3.63, 3.8) is 0 Å². The van der Waals surface area contributed by atoms with Crippen LogP contribution in [-0.4, -0.2) is 9.78 Å². The fourth-order valence-corrected chi connectivity index (χ4v) is 2.27. The average Bonchev–Trinajstić information content (AvgIpc) is 2.07. The van der Waals surface area contributed by atoms with Crippen molar-refractivity contribution in [3.05, 3.63) is 17.0 Å². The molecule has 0 aliphatic heterocycles. The Morgan fingerprint density at radius 3 is 2.18 bits per heavy atom. The number of aryl methyl sites for hydroxylation is 2. The van der Waals surface area contributed by atoms with Crippen LogP contribution in [0.5, 0.6) is 0 Å². The smallest absolute Gasteiger partial charge is 0.0638 e. The Kier molecular flexibility index (Phi) is 2.57. The van der Waals surface area contributed by atoms with Crippen molar-refractivity contribution in [2.24, 2.45) is 7.05 Å². The van der Waals surface area contributed by atoms with Crippen molar-refractivity contribution in [2.45, 2.75) is 24.7 Å². The lowest BCUT2D eigenvalue weighted by Crippen LogP contribution is -1.93. The molecule has 0 aliphatic carbocycles. The first-order valence-electron chi connectivity index (χ1n) is 3.68. The highest BCUT2D eigenvalue weighted by atomic mass is 127. The minimum absolute atomic E-state index is 0.557. The predicted molar refractivity (Wildman–Crippen MR) is 55.1 cm³/mol. The quantitative estimate of drug-likeness (QED) is 0.563. The second-order valence-corrected chi connectivity index (χ2v) is 4.69. The first kappa shape index (κ1) is 9.03. The summed E-state index contributed by atoms with van der Waals surface area (Å²) in [4.78, 5) is 0. The number of nitrogens with zero attached hydrogens (tertiary/aromatic N) is 2. The van der Waals surface area contributed by atoms with Crippen molar-refractivity contribution < 1.29 is 0 Å². The maximum absolute atomic E-state index is 4.34. The van der Waals surface area contributed by atoms with Crippen LogP contribution in [-0.2, 0) is 7.05 Å². The summed E-state index contributed by atoms with van der Waals surface area (Å²) in [6.45, 7) is 6.37. The number of halogens is 1. The highest BCUT2D eigenvalue weighted by Crippen LogP contribution is 2.27. The van der Waals surface area contributed by atoms with Gasteiger partial charge >= 0.3 is 0 Å². The van der Waals surface area contributed by atoms with Gasteiger partial charge in [-0.2, -0.15) is 5.10 Å². The monoisotopic (exact) mass is 264 g/mol. The van der Waals surface area contributed by atoms with E-state index in [1.807, 2.05) is 11.7 Å². The molecule has 1 aromatic rings. The predicted octanol–water partition coefficient (Wildman–Crippen LogP) is 2.53. The molecule has 0 N–H and O–H groups in total. The van der Waals surface area contributed by atoms with Crippen LogP contribution >= 0.6 is 22.6 Å². The molecule has 2 nitrogen and oxygen atoms in total. The molecule has 0 aliphatic rings. The number of hydrogen-bond donors (Lipinski definition) is 0. The number of aromatic nitrogens is 2. The van der Waals surface area contributed by atoms with Crippen LogP contribution < -0.4 is 0 Å². The molecule has 1 atom stereocenters. The van der Waals surface area contributed by atoms with Crippen LogP contribution in [0.4, 0.5) is 0 Å². The van der Waals surface area contributed by atoms with E-state index in [0.717, 1.165) is 5.69 Å². The molecule has 3 heteroatoms. The van der Waals surface area contributed by atoms with E-state index in [1.54, 1.807) is 0 Å². The van der Waals surface area contributed by atoms with Gasteiger partial charge < -0.3 is 0 Å². The summed E-state index contributed by atoms with van der Waals surface area (Å²) in [6, 6.07) is 0. The molecular formula is C8H13IN2. The topological polar surface area (TPSA) is 17.8 Å². The fourth-order valence-electron chi connectivity index (χ4n) is 1.37. The summed E-state index contributed by atoms with van der Waals surface area (Å²) in [6.07, 6.45) is 0. The fraction of sp³-hybridized carbons (Fsp3) is 0.625. The first-order chi connectivity index (χ1) is 5.04. The molecule has 62 valence electrons. The molecule has 0 spiro atoms. The number of rotatable bonds is 1. The molecule has 0 saturated carbocycles. The summed E-state index contributed by atoms with van der Waals surface area (Å²) in [5.74, 6) is 0. The van der Waals surface area contributed by atoms with E-state index < -0.39 is 0 Å². The third-order valence-corrected chi connectivity index (χ3v) is 2.59. The first-order valence-corrected chi connectivity index (χ1v) is 4.92. The van der Waals surface area contributed by atoms with E-state index in [-0.39, 0.29) is 0 Å². The van der Waals surface area contributed by atoms with Gasteiger partial charge in [-0.05, 0) is 20.8 Å². The van der Waals surface area contributed by atoms with Gasteiger partial charge in [0.15, 0.2) is 0 Å². The highest BCUT2D eigenvalue weighted by molar-refractivity contribution is 14.1. The molecule has 1 aromatic heterocycles. The van der Waals surface area contributed by atoms with Crippen LogP contribution in [0.1, 0.15) is 27.8 Å². The molecule has 11 heavy (non-hydrogen) atoms. The SMILES string of the molecule is Cc1nn(C)c(C)c1C(C)I. The molecule has 1 heterocycles. The van der Waals surface area contributed by atoms with E-state index in [1.165, 1.54) is 11.3 Å². The van der Waals surface area contributed by atoms with Gasteiger partial charge in [-0.1, -0.05) is 22.6 Å². The van der Waals surface area contributed by atoms with Gasteiger partial charge in [-0.25, -0.2) is 0 Å². The van der Waals surface area contributed by atoms with Gasteiger partial charge in [-0.3, -0.25) is 4.68 Å². The van der Waals surface area contributed by atoms with Gasteiger partial charge in [0, 0.05) is 22.2 Å². The lowest BCUT2D eigenvalue weighted by Gasteiger charge is -2.02. The Labute approximate surface area is 81.1 Å². The zero-order chi connectivity index (χ0) is 8.59. The van der Waals surface area contributed by atoms with Crippen molar-refractivity contribution in [3.8, 4) is 0 Å². The Balaban J connectivity index is 3.22. The Morgan fingerprint density at radius 1 is 1.45 bits per heavy atom. The number of hydrogen-bond acceptors (Lipinski definition) is 1. The van der Waals surface area contributed by atoms with Crippen LogP contribution in [0.25, 0.3) is 0 Å². The molecule has 0 radical (unpaired) electrons. The second kappa shape index (κ2) is 3.13. The third kappa shape index (κ3) is 1.58. The van der Waals surface area contributed by atoms with Gasteiger partial charge in [0.05, 0.1) is 5.69 Å². The van der Waals surface area contributed by atoms with Crippen molar-refractivity contribution >= 4 is 22.6 Å². The normalized spacial score (nSPS) is 13.5. The van der Waals surface area contributed by atoms with Gasteiger partial charge in [-0.15, -0.1) is 0 Å². The van der Waals surface area contributed by atoms with Crippen LogP contribution in [0.2, 0.25) is 0 Å². The lowest BCUT2D eigenvalue weighted by atomic mass is 10.1. The van der Waals surface area contributed by atoms with Gasteiger partial charge in [0.2, 0.25) is 0 Å². The maximum atomic E-state index is 4.34. The summed E-state index contributed by atoms with van der Waals surface area (Å²) >= 11 is 2.42. The molecular weight excluding hydrogens is 251 g/mol. The average molecular weight is 264 g/mol. The summed E-state index contributed by atoms with van der Waals surface area (Å²) in [7, 11) is 1.99. The van der Waals surface area contributed by atoms with Gasteiger partial charge in [0.1, 0.15) is 0 Å². The minimum Gasteiger partial charge on any atom is -0.272 e. The van der Waals surface area contributed by atoms with E-state index in [2.05, 4.69) is 48.5 Å². The largest absolute Gasteiger partial charge is 0.272 e. The molecule has 0 amide bonds. The van der Waals surface area contributed by atoms with Crippen molar-refractivity contribution in [2.75, 3.05) is 0 Å². The highest BCUT2D eigenvalue weighted by Gasteiger charge is 2.12. The summed E-state index contributed by atoms with van der Waals surface area (Å²) in [5.41, 5.74) is 3.82. The minimum atomic E-state index is 0.557. The van der Waals surface area contributed by atoms with Gasteiger partial charge in [0.25, 0.3) is 0 Å². The Morgan fingerprint density at radius 2 is 2.00 bits per heavy atom. The van der Waals surface area contributed by atoms with Crippen LogP contribution in [0.15, 0.2) is 0 Å². The molecule has 0 fully saturated rings. The van der Waals surface area contributed by atoms with E-state index >= 15 is 0 Å². The molecule has 1 rings (SSSR count). The number of alkyl halides is 1. The second-order valence-electron chi connectivity index (χ2n) is 2.82. The Bertz CT molecular complexity index is 263. The van der Waals surface area contributed by atoms with Crippen molar-refractivity contribution in [1.29, 1.82) is 0 Å². The van der Waals surface area contributed by atoms with Crippen LogP contribution in [0, 0.1) is 13.8 Å². The van der Waals surface area contributed by atoms with Crippen LogP contribution in [0.3, 0.4) is 0 Å². The summed E-state index contributed by atoms with van der Waals surface area (Å²) < 4.78 is 2.50. The molecule has 0 bridgehead atoms. The Hall–Kier alpha value is -0.0600. The lowest BCUT2D eigenvalue weighted by molar-refractivity contribution is 0.730. The van der Waals surface area contributed by atoms with E-state index in [4.69, 9.17) is 0 Å². The van der Waals surface area contributed by atoms with E-state index in [0.29, 0.717) is 3.92 Å². The molecule has 1 unspecified atom stereocenters. The zero-order valence-electron chi connectivity index (χ0n) is 7.35. The summed E-state index contributed by atoms with van der Waals surface area (Å²) in [5, 5.41) is 4.34. The zero-order valence-corrected chi connectivity index (χ0v) is 9.51. The molecule has 0 aromatic carbocycles.